The molecule has 0 unspecified atom stereocenters. The van der Waals surface area contributed by atoms with Gasteiger partial charge in [-0.3, -0.25) is 14.5 Å². The number of hydrogen-bond acceptors (Lipinski definition) is 6. The number of aromatic nitrogens is 4. The summed E-state index contributed by atoms with van der Waals surface area (Å²) in [7, 11) is 0. The first kappa shape index (κ1) is 22.1. The lowest BCUT2D eigenvalue weighted by Crippen LogP contribution is -2.51. The van der Waals surface area contributed by atoms with Crippen LogP contribution in [-0.2, 0) is 28.9 Å². The van der Waals surface area contributed by atoms with Crippen LogP contribution in [0.15, 0.2) is 61.1 Å². The van der Waals surface area contributed by atoms with Crippen molar-refractivity contribution < 1.29 is 14.6 Å². The lowest BCUT2D eigenvalue weighted by molar-refractivity contribution is -0.128. The molecule has 4 rings (SSSR count). The third-order valence-electron chi connectivity index (χ3n) is 5.72. The van der Waals surface area contributed by atoms with Crippen molar-refractivity contribution in [2.24, 2.45) is 0 Å². The van der Waals surface area contributed by atoms with Crippen LogP contribution in [-0.4, -0.2) is 55.8 Å². The molecule has 1 saturated heterocycles. The number of pyridine rings is 1. The number of carbonyl (C=O) groups is 1. The minimum atomic E-state index is -0.406. The van der Waals surface area contributed by atoms with E-state index in [0.717, 1.165) is 36.9 Å². The Labute approximate surface area is 187 Å². The lowest BCUT2D eigenvalue weighted by Gasteiger charge is -2.36. The number of carbonyl (C=O) groups excluding carboxylic acids is 1. The van der Waals surface area contributed by atoms with E-state index in [1.807, 2.05) is 41.2 Å². The van der Waals surface area contributed by atoms with Crippen LogP contribution in [0.2, 0.25) is 0 Å². The number of aryl methyl sites for hydroxylation is 1. The fraction of sp³-hybridized carbons (Fsp3) is 0.417. The number of rotatable bonds is 9. The van der Waals surface area contributed by atoms with Gasteiger partial charge in [0.25, 0.3) is 0 Å². The Morgan fingerprint density at radius 3 is 2.78 bits per heavy atom. The van der Waals surface area contributed by atoms with Crippen LogP contribution in [0.5, 0.6) is 0 Å². The second kappa shape index (κ2) is 11.0. The van der Waals surface area contributed by atoms with Gasteiger partial charge in [0.1, 0.15) is 6.10 Å². The average Bonchev–Trinajstić information content (AvgIpc) is 3.27. The molecule has 1 aromatic carbocycles. The van der Waals surface area contributed by atoms with E-state index in [9.17, 15) is 9.90 Å². The van der Waals surface area contributed by atoms with Gasteiger partial charge in [-0.25, -0.2) is 0 Å². The molecule has 3 atom stereocenters. The first-order valence-corrected chi connectivity index (χ1v) is 11.1. The molecule has 32 heavy (non-hydrogen) atoms. The molecule has 2 N–H and O–H groups in total. The monoisotopic (exact) mass is 435 g/mol. The SMILES string of the molecule is O=C(Cc1cccnc1)N[C@@H]1CC[C@H](CCn2cc(Cc3ccccc3)nn2)O[C@@H]1CO. The van der Waals surface area contributed by atoms with E-state index in [-0.39, 0.29) is 31.1 Å². The smallest absolute Gasteiger partial charge is 0.224 e. The van der Waals surface area contributed by atoms with Crippen molar-refractivity contribution in [3.05, 3.63) is 77.9 Å². The maximum atomic E-state index is 12.4. The van der Waals surface area contributed by atoms with Crippen molar-refractivity contribution in [1.82, 2.24) is 25.3 Å². The zero-order valence-corrected chi connectivity index (χ0v) is 18.0. The van der Waals surface area contributed by atoms with E-state index >= 15 is 0 Å². The van der Waals surface area contributed by atoms with Crippen LogP contribution in [0.3, 0.4) is 0 Å². The molecule has 3 heterocycles. The van der Waals surface area contributed by atoms with Gasteiger partial charge in [-0.15, -0.1) is 5.10 Å². The first-order chi connectivity index (χ1) is 15.7. The number of aliphatic hydroxyl groups is 1. The highest BCUT2D eigenvalue weighted by Gasteiger charge is 2.31. The molecule has 2 aromatic heterocycles. The molecule has 1 aliphatic heterocycles. The Morgan fingerprint density at radius 1 is 1.16 bits per heavy atom. The number of ether oxygens (including phenoxy) is 1. The summed E-state index contributed by atoms with van der Waals surface area (Å²) >= 11 is 0. The largest absolute Gasteiger partial charge is 0.394 e. The van der Waals surface area contributed by atoms with Crippen LogP contribution in [0, 0.1) is 0 Å². The third-order valence-corrected chi connectivity index (χ3v) is 5.72. The van der Waals surface area contributed by atoms with Gasteiger partial charge >= 0.3 is 0 Å². The number of nitrogens with one attached hydrogen (secondary N) is 1. The van der Waals surface area contributed by atoms with Gasteiger partial charge < -0.3 is 15.2 Å². The predicted octanol–water partition coefficient (Wildman–Crippen LogP) is 1.92. The van der Waals surface area contributed by atoms with Gasteiger partial charge in [0.15, 0.2) is 0 Å². The number of hydrogen-bond donors (Lipinski definition) is 2. The summed E-state index contributed by atoms with van der Waals surface area (Å²) in [6.45, 7) is 0.571. The molecule has 1 amide bonds. The highest BCUT2D eigenvalue weighted by atomic mass is 16.5. The fourth-order valence-electron chi connectivity index (χ4n) is 4.07. The Morgan fingerprint density at radius 2 is 2.00 bits per heavy atom. The van der Waals surface area contributed by atoms with Crippen molar-refractivity contribution in [3.63, 3.8) is 0 Å². The molecule has 8 nitrogen and oxygen atoms in total. The average molecular weight is 436 g/mol. The van der Waals surface area contributed by atoms with Crippen molar-refractivity contribution in [2.75, 3.05) is 6.61 Å². The highest BCUT2D eigenvalue weighted by Crippen LogP contribution is 2.22. The second-order valence-electron chi connectivity index (χ2n) is 8.19. The van der Waals surface area contributed by atoms with E-state index in [4.69, 9.17) is 4.74 Å². The molecule has 3 aromatic rings. The summed E-state index contributed by atoms with van der Waals surface area (Å²) in [6, 6.07) is 13.7. The van der Waals surface area contributed by atoms with E-state index < -0.39 is 6.10 Å². The fourth-order valence-corrected chi connectivity index (χ4v) is 4.07. The molecule has 1 aliphatic rings. The molecular weight excluding hydrogens is 406 g/mol. The van der Waals surface area contributed by atoms with E-state index in [0.29, 0.717) is 6.54 Å². The maximum Gasteiger partial charge on any atom is 0.224 e. The molecule has 168 valence electrons. The van der Waals surface area contributed by atoms with Crippen molar-refractivity contribution in [2.45, 2.75) is 56.9 Å². The summed E-state index contributed by atoms with van der Waals surface area (Å²) in [5.74, 6) is -0.0861. The standard InChI is InChI=1S/C24H29N5O3/c30-17-23-22(26-24(31)14-19-7-4-11-25-15-19)9-8-21(32-23)10-12-29-16-20(27-28-29)13-18-5-2-1-3-6-18/h1-7,11,15-16,21-23,30H,8-10,12-14,17H2,(H,26,31)/t21-,22-,23-/m1/s1. The number of aliphatic hydroxyl groups excluding tert-OH is 1. The highest BCUT2D eigenvalue weighted by molar-refractivity contribution is 5.78. The molecular formula is C24H29N5O3. The van der Waals surface area contributed by atoms with Crippen molar-refractivity contribution >= 4 is 5.91 Å². The van der Waals surface area contributed by atoms with Crippen LogP contribution in [0.25, 0.3) is 0 Å². The zero-order chi connectivity index (χ0) is 22.2. The Balaban J connectivity index is 1.23. The predicted molar refractivity (Wildman–Crippen MR) is 119 cm³/mol. The van der Waals surface area contributed by atoms with Gasteiger partial charge in [-0.2, -0.15) is 0 Å². The Hall–Kier alpha value is -3.10. The van der Waals surface area contributed by atoms with Gasteiger partial charge in [-0.1, -0.05) is 41.6 Å². The third kappa shape index (κ3) is 6.21. The molecule has 0 spiro atoms. The minimum absolute atomic E-state index is 0.0143. The molecule has 0 radical (unpaired) electrons. The summed E-state index contributed by atoms with van der Waals surface area (Å²) in [5.41, 5.74) is 3.00. The number of benzene rings is 1. The van der Waals surface area contributed by atoms with Crippen LogP contribution < -0.4 is 5.32 Å². The summed E-state index contributed by atoms with van der Waals surface area (Å²) < 4.78 is 7.93. The van der Waals surface area contributed by atoms with Gasteiger partial charge in [0, 0.05) is 31.6 Å². The number of amides is 1. The molecule has 0 bridgehead atoms. The molecule has 0 saturated carbocycles. The van der Waals surface area contributed by atoms with Crippen molar-refractivity contribution in [1.29, 1.82) is 0 Å². The minimum Gasteiger partial charge on any atom is -0.394 e. The van der Waals surface area contributed by atoms with Gasteiger partial charge in [-0.05, 0) is 36.5 Å². The summed E-state index contributed by atoms with van der Waals surface area (Å²) in [5, 5.41) is 21.3. The molecule has 0 aliphatic carbocycles. The molecule has 1 fully saturated rings. The maximum absolute atomic E-state index is 12.4. The van der Waals surface area contributed by atoms with E-state index in [2.05, 4.69) is 32.7 Å². The van der Waals surface area contributed by atoms with Gasteiger partial charge in [0.2, 0.25) is 5.91 Å². The van der Waals surface area contributed by atoms with E-state index in [1.165, 1.54) is 5.56 Å². The van der Waals surface area contributed by atoms with Crippen LogP contribution in [0.1, 0.15) is 36.1 Å². The number of nitrogens with zero attached hydrogens (tertiary/aromatic N) is 4. The topological polar surface area (TPSA) is 102 Å². The lowest BCUT2D eigenvalue weighted by atomic mass is 9.97. The van der Waals surface area contributed by atoms with Gasteiger partial charge in [0.05, 0.1) is 30.9 Å². The quantitative estimate of drug-likeness (QED) is 0.532. The van der Waals surface area contributed by atoms with Crippen molar-refractivity contribution in [3.8, 4) is 0 Å². The Kier molecular flexibility index (Phi) is 7.58. The van der Waals surface area contributed by atoms with E-state index in [1.54, 1.807) is 12.4 Å². The molecule has 8 heteroatoms. The summed E-state index contributed by atoms with van der Waals surface area (Å²) in [4.78, 5) is 16.4. The summed E-state index contributed by atoms with van der Waals surface area (Å²) in [6.07, 6.45) is 8.34. The Bertz CT molecular complexity index is 980. The van der Waals surface area contributed by atoms with Crippen LogP contribution in [0.4, 0.5) is 0 Å². The second-order valence-corrected chi connectivity index (χ2v) is 8.19. The zero-order valence-electron chi connectivity index (χ0n) is 18.0. The first-order valence-electron chi connectivity index (χ1n) is 11.1. The normalized spacial score (nSPS) is 20.7. The van der Waals surface area contributed by atoms with Crippen LogP contribution >= 0.6 is 0 Å².